The SMILES string of the molecule is C/C=c1/cnnc/c1=C/C. The summed E-state index contributed by atoms with van der Waals surface area (Å²) < 4.78 is 0. The summed E-state index contributed by atoms with van der Waals surface area (Å²) in [5, 5.41) is 9.80. The maximum atomic E-state index is 3.76. The molecular formula is C8H10N2. The molecule has 52 valence electrons. The van der Waals surface area contributed by atoms with Crippen molar-refractivity contribution in [2.75, 3.05) is 0 Å². The molecule has 0 saturated heterocycles. The van der Waals surface area contributed by atoms with Gasteiger partial charge in [0.2, 0.25) is 0 Å². The molecule has 1 aromatic heterocycles. The van der Waals surface area contributed by atoms with Crippen LogP contribution in [0.3, 0.4) is 0 Å². The zero-order chi connectivity index (χ0) is 7.40. The van der Waals surface area contributed by atoms with Crippen molar-refractivity contribution in [2.24, 2.45) is 0 Å². The number of hydrogen-bond donors (Lipinski definition) is 0. The van der Waals surface area contributed by atoms with Gasteiger partial charge in [-0.15, -0.1) is 0 Å². The monoisotopic (exact) mass is 134 g/mol. The highest BCUT2D eigenvalue weighted by molar-refractivity contribution is 5.25. The lowest BCUT2D eigenvalue weighted by molar-refractivity contribution is 1.01. The first kappa shape index (κ1) is 6.93. The Morgan fingerprint density at radius 2 is 1.40 bits per heavy atom. The molecule has 0 fully saturated rings. The highest BCUT2D eigenvalue weighted by atomic mass is 15.1. The van der Waals surface area contributed by atoms with E-state index in [0.29, 0.717) is 0 Å². The van der Waals surface area contributed by atoms with Crippen molar-refractivity contribution in [3.8, 4) is 0 Å². The van der Waals surface area contributed by atoms with Crippen molar-refractivity contribution in [3.63, 3.8) is 0 Å². The second kappa shape index (κ2) is 3.11. The zero-order valence-electron chi connectivity index (χ0n) is 6.20. The highest BCUT2D eigenvalue weighted by Gasteiger charge is 1.79. The smallest absolute Gasteiger partial charge is 0.0571 e. The Hall–Kier alpha value is -1.18. The van der Waals surface area contributed by atoms with Gasteiger partial charge in [-0.1, -0.05) is 12.2 Å². The van der Waals surface area contributed by atoms with Gasteiger partial charge in [0.05, 0.1) is 12.4 Å². The van der Waals surface area contributed by atoms with Crippen LogP contribution in [0.25, 0.3) is 12.2 Å². The molecule has 0 aliphatic heterocycles. The van der Waals surface area contributed by atoms with Crippen LogP contribution in [0, 0.1) is 0 Å². The molecule has 0 amide bonds. The summed E-state index contributed by atoms with van der Waals surface area (Å²) in [5.74, 6) is 0. The molecule has 0 aliphatic rings. The van der Waals surface area contributed by atoms with Gasteiger partial charge in [-0.05, 0) is 24.3 Å². The Kier molecular flexibility index (Phi) is 2.15. The summed E-state index contributed by atoms with van der Waals surface area (Å²) in [4.78, 5) is 0. The molecule has 0 radical (unpaired) electrons. The third-order valence-electron chi connectivity index (χ3n) is 1.42. The van der Waals surface area contributed by atoms with Crippen LogP contribution in [0.4, 0.5) is 0 Å². The average Bonchev–Trinajstić information content (AvgIpc) is 2.04. The van der Waals surface area contributed by atoms with E-state index in [9.17, 15) is 0 Å². The molecule has 1 rings (SSSR count). The predicted molar refractivity (Wildman–Crippen MR) is 41.6 cm³/mol. The Morgan fingerprint density at radius 3 is 1.70 bits per heavy atom. The first-order valence-corrected chi connectivity index (χ1v) is 3.28. The van der Waals surface area contributed by atoms with Crippen LogP contribution in [-0.2, 0) is 0 Å². The van der Waals surface area contributed by atoms with E-state index in [4.69, 9.17) is 0 Å². The largest absolute Gasteiger partial charge is 0.159 e. The second-order valence-corrected chi connectivity index (χ2v) is 1.98. The van der Waals surface area contributed by atoms with Gasteiger partial charge < -0.3 is 0 Å². The molecule has 2 nitrogen and oxygen atoms in total. The molecular weight excluding hydrogens is 124 g/mol. The number of nitrogens with zero attached hydrogens (tertiary/aromatic N) is 2. The third-order valence-corrected chi connectivity index (χ3v) is 1.42. The molecule has 1 aromatic rings. The Bertz CT molecular complexity index is 281. The van der Waals surface area contributed by atoms with E-state index in [1.54, 1.807) is 12.4 Å². The minimum atomic E-state index is 1.14. The van der Waals surface area contributed by atoms with E-state index in [-0.39, 0.29) is 0 Å². The van der Waals surface area contributed by atoms with Crippen molar-refractivity contribution in [1.82, 2.24) is 10.2 Å². The molecule has 2 heteroatoms. The van der Waals surface area contributed by atoms with Crippen LogP contribution in [0.15, 0.2) is 12.4 Å². The normalized spacial score (nSPS) is 14.2. The zero-order valence-corrected chi connectivity index (χ0v) is 6.20. The maximum absolute atomic E-state index is 3.76. The standard InChI is InChI=1S/C8H10N2/c1-3-7-5-9-10-6-8(7)4-2/h3-6H,1-2H3/b7-3-,8-4-. The van der Waals surface area contributed by atoms with Gasteiger partial charge in [0, 0.05) is 0 Å². The van der Waals surface area contributed by atoms with Crippen LogP contribution in [0.1, 0.15) is 13.8 Å². The van der Waals surface area contributed by atoms with Crippen LogP contribution < -0.4 is 10.4 Å². The summed E-state index contributed by atoms with van der Waals surface area (Å²) in [6.45, 7) is 3.98. The van der Waals surface area contributed by atoms with E-state index in [1.165, 1.54) is 0 Å². The van der Waals surface area contributed by atoms with E-state index < -0.39 is 0 Å². The summed E-state index contributed by atoms with van der Waals surface area (Å²) in [6.07, 6.45) is 7.55. The van der Waals surface area contributed by atoms with Crippen LogP contribution in [0.2, 0.25) is 0 Å². The summed E-state index contributed by atoms with van der Waals surface area (Å²) in [5.41, 5.74) is 0. The Labute approximate surface area is 59.9 Å². The first-order valence-electron chi connectivity index (χ1n) is 3.28. The van der Waals surface area contributed by atoms with Gasteiger partial charge in [0.25, 0.3) is 0 Å². The minimum absolute atomic E-state index is 1.14. The first-order chi connectivity index (χ1) is 4.88. The fourth-order valence-electron chi connectivity index (χ4n) is 0.823. The fraction of sp³-hybridized carbons (Fsp3) is 0.250. The minimum Gasteiger partial charge on any atom is -0.159 e. The van der Waals surface area contributed by atoms with Crippen LogP contribution in [0.5, 0.6) is 0 Å². The summed E-state index contributed by atoms with van der Waals surface area (Å²) >= 11 is 0. The van der Waals surface area contributed by atoms with Crippen molar-refractivity contribution < 1.29 is 0 Å². The molecule has 1 heterocycles. The lowest BCUT2D eigenvalue weighted by atomic mass is 10.3. The molecule has 0 saturated carbocycles. The molecule has 0 spiro atoms. The van der Waals surface area contributed by atoms with Crippen molar-refractivity contribution >= 4 is 12.2 Å². The molecule has 0 bridgehead atoms. The number of aromatic nitrogens is 2. The van der Waals surface area contributed by atoms with Crippen molar-refractivity contribution in [1.29, 1.82) is 0 Å². The molecule has 0 aliphatic carbocycles. The molecule has 0 aromatic carbocycles. The second-order valence-electron chi connectivity index (χ2n) is 1.98. The number of hydrogen-bond acceptors (Lipinski definition) is 2. The van der Waals surface area contributed by atoms with Crippen LogP contribution >= 0.6 is 0 Å². The van der Waals surface area contributed by atoms with Gasteiger partial charge in [0.1, 0.15) is 0 Å². The van der Waals surface area contributed by atoms with E-state index >= 15 is 0 Å². The lowest BCUT2D eigenvalue weighted by Gasteiger charge is -1.83. The topological polar surface area (TPSA) is 25.8 Å². The van der Waals surface area contributed by atoms with E-state index in [1.807, 2.05) is 26.0 Å². The summed E-state index contributed by atoms with van der Waals surface area (Å²) in [7, 11) is 0. The molecule has 0 atom stereocenters. The van der Waals surface area contributed by atoms with E-state index in [0.717, 1.165) is 10.4 Å². The van der Waals surface area contributed by atoms with Gasteiger partial charge in [0.15, 0.2) is 0 Å². The van der Waals surface area contributed by atoms with Crippen LogP contribution in [-0.4, -0.2) is 10.2 Å². The van der Waals surface area contributed by atoms with Gasteiger partial charge in [-0.2, -0.15) is 10.2 Å². The predicted octanol–water partition coefficient (Wildman–Crippen LogP) is 0.0774. The highest BCUT2D eigenvalue weighted by Crippen LogP contribution is 1.60. The van der Waals surface area contributed by atoms with E-state index in [2.05, 4.69) is 10.2 Å². The van der Waals surface area contributed by atoms with Gasteiger partial charge in [-0.25, -0.2) is 0 Å². The Balaban J connectivity index is 3.53. The molecule has 0 N–H and O–H groups in total. The fourth-order valence-corrected chi connectivity index (χ4v) is 0.823. The van der Waals surface area contributed by atoms with Crippen molar-refractivity contribution in [2.45, 2.75) is 13.8 Å². The van der Waals surface area contributed by atoms with Gasteiger partial charge >= 0.3 is 0 Å². The summed E-state index contributed by atoms with van der Waals surface area (Å²) in [6, 6.07) is 0. The van der Waals surface area contributed by atoms with Gasteiger partial charge in [-0.3, -0.25) is 0 Å². The average molecular weight is 134 g/mol. The van der Waals surface area contributed by atoms with Crippen molar-refractivity contribution in [3.05, 3.63) is 22.8 Å². The maximum Gasteiger partial charge on any atom is 0.0571 e. The number of rotatable bonds is 0. The molecule has 0 unspecified atom stereocenters. The Morgan fingerprint density at radius 1 is 1.00 bits per heavy atom. The molecule has 10 heavy (non-hydrogen) atoms. The lowest BCUT2D eigenvalue weighted by Crippen LogP contribution is -2.24. The quantitative estimate of drug-likeness (QED) is 0.502. The third kappa shape index (κ3) is 1.21.